The molecule has 1 aliphatic rings. The zero-order valence-corrected chi connectivity index (χ0v) is 9.17. The van der Waals surface area contributed by atoms with Crippen molar-refractivity contribution in [3.8, 4) is 0 Å². The van der Waals surface area contributed by atoms with Gasteiger partial charge in [-0.05, 0) is 37.0 Å². The minimum atomic E-state index is 0.491. The van der Waals surface area contributed by atoms with Crippen molar-refractivity contribution in [1.82, 2.24) is 0 Å². The highest BCUT2D eigenvalue weighted by molar-refractivity contribution is 5.66. The average molecular weight is 190 g/mol. The Morgan fingerprint density at radius 3 is 2.57 bits per heavy atom. The topological polar surface area (TPSA) is 29.3 Å². The highest BCUT2D eigenvalue weighted by atomic mass is 15.2. The Morgan fingerprint density at radius 1 is 1.36 bits per heavy atom. The highest BCUT2D eigenvalue weighted by Gasteiger charge is 2.27. The second-order valence-electron chi connectivity index (χ2n) is 4.23. The average Bonchev–Trinajstić information content (AvgIpc) is 2.51. The van der Waals surface area contributed by atoms with Crippen molar-refractivity contribution in [3.63, 3.8) is 0 Å². The minimum absolute atomic E-state index is 0.491. The summed E-state index contributed by atoms with van der Waals surface area (Å²) in [4.78, 5) is 2.33. The van der Waals surface area contributed by atoms with Crippen LogP contribution < -0.4 is 10.6 Å². The Bertz CT molecular complexity index is 358. The number of benzene rings is 1. The molecule has 14 heavy (non-hydrogen) atoms. The lowest BCUT2D eigenvalue weighted by atomic mass is 10.0. The van der Waals surface area contributed by atoms with Crippen LogP contribution in [-0.2, 0) is 6.42 Å². The van der Waals surface area contributed by atoms with Crippen LogP contribution in [0, 0.1) is 13.8 Å². The quantitative estimate of drug-likeness (QED) is 0.729. The van der Waals surface area contributed by atoms with Crippen molar-refractivity contribution in [2.24, 2.45) is 5.73 Å². The van der Waals surface area contributed by atoms with E-state index in [4.69, 9.17) is 5.73 Å². The molecule has 2 heteroatoms. The monoisotopic (exact) mass is 190 g/mol. The van der Waals surface area contributed by atoms with E-state index >= 15 is 0 Å². The summed E-state index contributed by atoms with van der Waals surface area (Å²) in [6, 6.07) is 4.90. The number of nitrogens with two attached hydrogens (primary N) is 1. The van der Waals surface area contributed by atoms with Gasteiger partial charge in [0.15, 0.2) is 0 Å². The largest absolute Gasteiger partial charge is 0.370 e. The summed E-state index contributed by atoms with van der Waals surface area (Å²) in [6.45, 7) is 5.10. The molecule has 1 heterocycles. The number of nitrogens with zero attached hydrogens (tertiary/aromatic N) is 1. The smallest absolute Gasteiger partial charge is 0.0450 e. The van der Waals surface area contributed by atoms with Crippen molar-refractivity contribution in [2.45, 2.75) is 26.3 Å². The fourth-order valence-electron chi connectivity index (χ4n) is 2.40. The summed E-state index contributed by atoms with van der Waals surface area (Å²) in [5.74, 6) is 0. The van der Waals surface area contributed by atoms with Crippen LogP contribution in [0.5, 0.6) is 0 Å². The number of fused-ring (bicyclic) bond motifs is 1. The second kappa shape index (κ2) is 3.28. The van der Waals surface area contributed by atoms with Gasteiger partial charge in [-0.3, -0.25) is 0 Å². The Morgan fingerprint density at radius 2 is 2.00 bits per heavy atom. The van der Waals surface area contributed by atoms with Crippen LogP contribution in [0.15, 0.2) is 12.1 Å². The number of hydrogen-bond donors (Lipinski definition) is 1. The van der Waals surface area contributed by atoms with Crippen LogP contribution in [0.25, 0.3) is 0 Å². The zero-order chi connectivity index (χ0) is 10.3. The van der Waals surface area contributed by atoms with Crippen LogP contribution in [0.4, 0.5) is 5.69 Å². The molecule has 76 valence electrons. The van der Waals surface area contributed by atoms with E-state index in [1.54, 1.807) is 0 Å². The first kappa shape index (κ1) is 9.53. The minimum Gasteiger partial charge on any atom is -0.370 e. The standard InChI is InChI=1S/C12H18N2/c1-8-4-5-9(2)12-11(8)6-10(7-13)14(12)3/h4-5,10H,6-7,13H2,1-3H3. The van der Waals surface area contributed by atoms with Crippen LogP contribution >= 0.6 is 0 Å². The van der Waals surface area contributed by atoms with Gasteiger partial charge >= 0.3 is 0 Å². The lowest BCUT2D eigenvalue weighted by Gasteiger charge is -2.22. The summed E-state index contributed by atoms with van der Waals surface area (Å²) in [5, 5.41) is 0. The third-order valence-electron chi connectivity index (χ3n) is 3.33. The first-order chi connectivity index (χ1) is 6.65. The molecule has 1 unspecified atom stereocenters. The fraction of sp³-hybridized carbons (Fsp3) is 0.500. The molecule has 2 rings (SSSR count). The number of hydrogen-bond acceptors (Lipinski definition) is 2. The van der Waals surface area contributed by atoms with Gasteiger partial charge in [0, 0.05) is 25.3 Å². The Labute approximate surface area is 85.7 Å². The third-order valence-corrected chi connectivity index (χ3v) is 3.33. The van der Waals surface area contributed by atoms with E-state index in [0.29, 0.717) is 6.04 Å². The summed E-state index contributed by atoms with van der Waals surface area (Å²) in [6.07, 6.45) is 1.11. The van der Waals surface area contributed by atoms with Crippen molar-refractivity contribution in [2.75, 3.05) is 18.5 Å². The maximum Gasteiger partial charge on any atom is 0.0450 e. The molecule has 0 saturated carbocycles. The number of likely N-dealkylation sites (N-methyl/N-ethyl adjacent to an activating group) is 1. The maximum absolute atomic E-state index is 5.76. The molecule has 1 aliphatic heterocycles. The van der Waals surface area contributed by atoms with E-state index in [-0.39, 0.29) is 0 Å². The molecule has 2 N–H and O–H groups in total. The van der Waals surface area contributed by atoms with Gasteiger partial charge in [0.1, 0.15) is 0 Å². The van der Waals surface area contributed by atoms with E-state index in [2.05, 4.69) is 37.9 Å². The predicted octanol–water partition coefficient (Wildman–Crippen LogP) is 1.62. The molecule has 0 spiro atoms. The summed E-state index contributed by atoms with van der Waals surface area (Å²) in [7, 11) is 2.15. The Hall–Kier alpha value is -1.02. The molecule has 2 nitrogen and oxygen atoms in total. The van der Waals surface area contributed by atoms with Crippen LogP contribution in [-0.4, -0.2) is 19.6 Å². The molecule has 0 aromatic heterocycles. The summed E-state index contributed by atoms with van der Waals surface area (Å²) in [5.41, 5.74) is 11.4. The lowest BCUT2D eigenvalue weighted by molar-refractivity contribution is 0.673. The molecular formula is C12H18N2. The molecule has 0 saturated heterocycles. The molecule has 0 bridgehead atoms. The molecular weight excluding hydrogens is 172 g/mol. The van der Waals surface area contributed by atoms with Crippen LogP contribution in [0.1, 0.15) is 16.7 Å². The predicted molar refractivity (Wildman–Crippen MR) is 60.9 cm³/mol. The SMILES string of the molecule is Cc1ccc(C)c2c1CC(CN)N2C. The van der Waals surface area contributed by atoms with Crippen LogP contribution in [0.2, 0.25) is 0 Å². The third kappa shape index (κ3) is 1.22. The normalized spacial score (nSPS) is 20.0. The van der Waals surface area contributed by atoms with Gasteiger partial charge in [-0.1, -0.05) is 12.1 Å². The highest BCUT2D eigenvalue weighted by Crippen LogP contribution is 2.35. The number of anilines is 1. The molecule has 0 aliphatic carbocycles. The number of aryl methyl sites for hydroxylation is 2. The molecule has 1 atom stereocenters. The Balaban J connectivity index is 2.52. The van der Waals surface area contributed by atoms with Gasteiger partial charge in [-0.2, -0.15) is 0 Å². The van der Waals surface area contributed by atoms with Gasteiger partial charge in [0.25, 0.3) is 0 Å². The van der Waals surface area contributed by atoms with Crippen molar-refractivity contribution < 1.29 is 0 Å². The Kier molecular flexibility index (Phi) is 2.23. The van der Waals surface area contributed by atoms with E-state index in [1.807, 2.05) is 0 Å². The van der Waals surface area contributed by atoms with E-state index in [9.17, 15) is 0 Å². The van der Waals surface area contributed by atoms with Gasteiger partial charge in [-0.15, -0.1) is 0 Å². The lowest BCUT2D eigenvalue weighted by Crippen LogP contribution is -2.35. The van der Waals surface area contributed by atoms with Crippen molar-refractivity contribution >= 4 is 5.69 Å². The van der Waals surface area contributed by atoms with E-state index < -0.39 is 0 Å². The fourth-order valence-corrected chi connectivity index (χ4v) is 2.40. The molecule has 0 fully saturated rings. The molecule has 0 amide bonds. The van der Waals surface area contributed by atoms with Crippen molar-refractivity contribution in [1.29, 1.82) is 0 Å². The first-order valence-electron chi connectivity index (χ1n) is 5.17. The summed E-state index contributed by atoms with van der Waals surface area (Å²) < 4.78 is 0. The molecule has 1 aromatic rings. The maximum atomic E-state index is 5.76. The van der Waals surface area contributed by atoms with E-state index in [1.165, 1.54) is 22.4 Å². The van der Waals surface area contributed by atoms with Crippen LogP contribution in [0.3, 0.4) is 0 Å². The van der Waals surface area contributed by atoms with Gasteiger partial charge in [-0.25, -0.2) is 0 Å². The zero-order valence-electron chi connectivity index (χ0n) is 9.17. The first-order valence-corrected chi connectivity index (χ1v) is 5.17. The second-order valence-corrected chi connectivity index (χ2v) is 4.23. The molecule has 1 aromatic carbocycles. The van der Waals surface area contributed by atoms with E-state index in [0.717, 1.165) is 13.0 Å². The van der Waals surface area contributed by atoms with Crippen molar-refractivity contribution in [3.05, 3.63) is 28.8 Å². The number of rotatable bonds is 1. The van der Waals surface area contributed by atoms with Gasteiger partial charge in [0.2, 0.25) is 0 Å². The van der Waals surface area contributed by atoms with Gasteiger partial charge in [0.05, 0.1) is 0 Å². The summed E-state index contributed by atoms with van der Waals surface area (Å²) >= 11 is 0. The van der Waals surface area contributed by atoms with Gasteiger partial charge < -0.3 is 10.6 Å². The molecule has 0 radical (unpaired) electrons.